The van der Waals surface area contributed by atoms with Gasteiger partial charge in [-0.1, -0.05) is 60.7 Å². The minimum absolute atomic E-state index is 0.0566. The van der Waals surface area contributed by atoms with Crippen LogP contribution in [0.5, 0.6) is 0 Å². The molecule has 0 spiro atoms. The Balaban J connectivity index is 1.73. The molecule has 0 aromatic heterocycles. The number of benzene rings is 2. The summed E-state index contributed by atoms with van der Waals surface area (Å²) >= 11 is 0. The zero-order valence-corrected chi connectivity index (χ0v) is 12.9. The van der Waals surface area contributed by atoms with Crippen LogP contribution >= 0.6 is 8.81 Å². The molecule has 4 heteroatoms. The largest absolute Gasteiger partial charge is 0.396 e. The van der Waals surface area contributed by atoms with E-state index in [2.05, 4.69) is 0 Å². The lowest BCUT2D eigenvalue weighted by Crippen LogP contribution is -2.10. The molecule has 3 nitrogen and oxygen atoms in total. The van der Waals surface area contributed by atoms with Crippen LogP contribution in [0.3, 0.4) is 0 Å². The first-order valence-corrected chi connectivity index (χ1v) is 8.04. The van der Waals surface area contributed by atoms with E-state index in [1.54, 1.807) is 0 Å². The molecule has 0 bridgehead atoms. The van der Waals surface area contributed by atoms with E-state index in [4.69, 9.17) is 14.4 Å². The monoisotopic (exact) mass is 304 g/mol. The average Bonchev–Trinajstić information content (AvgIpc) is 2.54. The van der Waals surface area contributed by atoms with Crippen molar-refractivity contribution in [1.82, 2.24) is 0 Å². The summed E-state index contributed by atoms with van der Waals surface area (Å²) in [5.74, 6) is -0.0566. The maximum absolute atomic E-state index is 9.12. The molecule has 0 radical (unpaired) electrons. The van der Waals surface area contributed by atoms with Crippen molar-refractivity contribution in [1.29, 1.82) is 0 Å². The molecule has 0 heterocycles. The van der Waals surface area contributed by atoms with Crippen molar-refractivity contribution in [3.8, 4) is 0 Å². The topological polar surface area (TPSA) is 38.7 Å². The SMILES string of the molecule is OCCC(OCc1ccccc1)POCc1ccccc1. The highest BCUT2D eigenvalue weighted by atomic mass is 31.1. The van der Waals surface area contributed by atoms with Crippen molar-refractivity contribution in [2.45, 2.75) is 25.5 Å². The average molecular weight is 304 g/mol. The Morgan fingerprint density at radius 2 is 1.43 bits per heavy atom. The van der Waals surface area contributed by atoms with Gasteiger partial charge in [0.2, 0.25) is 0 Å². The van der Waals surface area contributed by atoms with Gasteiger partial charge >= 0.3 is 0 Å². The summed E-state index contributed by atoms with van der Waals surface area (Å²) in [6.07, 6.45) is 0.597. The van der Waals surface area contributed by atoms with Crippen molar-refractivity contribution >= 4 is 8.81 Å². The van der Waals surface area contributed by atoms with E-state index in [1.807, 2.05) is 60.7 Å². The van der Waals surface area contributed by atoms with Crippen molar-refractivity contribution in [3.63, 3.8) is 0 Å². The van der Waals surface area contributed by atoms with E-state index in [1.165, 1.54) is 0 Å². The number of hydrogen-bond donors (Lipinski definition) is 1. The van der Waals surface area contributed by atoms with Gasteiger partial charge in [-0.05, 0) is 11.1 Å². The van der Waals surface area contributed by atoms with Gasteiger partial charge in [-0.15, -0.1) is 0 Å². The second kappa shape index (κ2) is 9.64. The lowest BCUT2D eigenvalue weighted by Gasteiger charge is -2.17. The second-order valence-electron chi connectivity index (χ2n) is 4.69. The zero-order chi connectivity index (χ0) is 14.8. The summed E-state index contributed by atoms with van der Waals surface area (Å²) < 4.78 is 11.5. The summed E-state index contributed by atoms with van der Waals surface area (Å²) in [5, 5.41) is 9.12. The molecule has 0 aliphatic heterocycles. The molecular weight excluding hydrogens is 283 g/mol. The predicted molar refractivity (Wildman–Crippen MR) is 86.3 cm³/mol. The summed E-state index contributed by atoms with van der Waals surface area (Å²) in [7, 11) is 0.225. The Hall–Kier alpha value is -1.25. The Morgan fingerprint density at radius 3 is 2.00 bits per heavy atom. The lowest BCUT2D eigenvalue weighted by atomic mass is 10.2. The molecule has 21 heavy (non-hydrogen) atoms. The third-order valence-electron chi connectivity index (χ3n) is 2.98. The number of ether oxygens (including phenoxy) is 1. The third kappa shape index (κ3) is 6.36. The van der Waals surface area contributed by atoms with Gasteiger partial charge < -0.3 is 14.4 Å². The van der Waals surface area contributed by atoms with Gasteiger partial charge in [0.15, 0.2) is 0 Å². The number of hydrogen-bond acceptors (Lipinski definition) is 3. The highest BCUT2D eigenvalue weighted by Gasteiger charge is 2.09. The van der Waals surface area contributed by atoms with Crippen LogP contribution in [-0.2, 0) is 22.5 Å². The van der Waals surface area contributed by atoms with E-state index in [-0.39, 0.29) is 21.3 Å². The molecule has 0 aliphatic carbocycles. The van der Waals surface area contributed by atoms with E-state index in [9.17, 15) is 0 Å². The third-order valence-corrected chi connectivity index (χ3v) is 4.01. The van der Waals surface area contributed by atoms with Crippen molar-refractivity contribution in [3.05, 3.63) is 71.8 Å². The molecule has 1 N–H and O–H groups in total. The minimum atomic E-state index is -0.0566. The molecule has 2 atom stereocenters. The molecule has 0 saturated carbocycles. The van der Waals surface area contributed by atoms with Crippen LogP contribution in [0.4, 0.5) is 0 Å². The fourth-order valence-corrected chi connectivity index (χ4v) is 2.69. The van der Waals surface area contributed by atoms with Gasteiger partial charge in [0, 0.05) is 21.8 Å². The van der Waals surface area contributed by atoms with Crippen LogP contribution in [0.15, 0.2) is 60.7 Å². The zero-order valence-electron chi connectivity index (χ0n) is 11.9. The van der Waals surface area contributed by atoms with E-state index >= 15 is 0 Å². The van der Waals surface area contributed by atoms with Crippen LogP contribution in [-0.4, -0.2) is 17.6 Å². The molecule has 0 amide bonds. The maximum Gasteiger partial charge on any atom is 0.101 e. The maximum atomic E-state index is 9.12. The Labute approximate surface area is 127 Å². The van der Waals surface area contributed by atoms with Gasteiger partial charge in [-0.3, -0.25) is 0 Å². The molecule has 0 saturated heterocycles. The first kappa shape index (κ1) is 16.1. The minimum Gasteiger partial charge on any atom is -0.396 e. The number of aliphatic hydroxyl groups excluding tert-OH is 1. The first-order valence-electron chi connectivity index (χ1n) is 7.06. The van der Waals surface area contributed by atoms with E-state index in [0.29, 0.717) is 19.6 Å². The van der Waals surface area contributed by atoms with E-state index < -0.39 is 0 Å². The highest BCUT2D eigenvalue weighted by Crippen LogP contribution is 2.27. The Morgan fingerprint density at radius 1 is 0.857 bits per heavy atom. The quantitative estimate of drug-likeness (QED) is 0.718. The summed E-state index contributed by atoms with van der Waals surface area (Å²) in [4.78, 5) is 0. The molecule has 112 valence electrons. The van der Waals surface area contributed by atoms with Gasteiger partial charge in [-0.2, -0.15) is 0 Å². The van der Waals surface area contributed by atoms with Gasteiger partial charge in [0.25, 0.3) is 0 Å². The predicted octanol–water partition coefficient (Wildman–Crippen LogP) is 3.72. The van der Waals surface area contributed by atoms with Crippen molar-refractivity contribution < 1.29 is 14.4 Å². The molecule has 2 aromatic rings. The number of rotatable bonds is 9. The smallest absolute Gasteiger partial charge is 0.101 e. The van der Waals surface area contributed by atoms with Crippen molar-refractivity contribution in [2.75, 3.05) is 6.61 Å². The van der Waals surface area contributed by atoms with Crippen LogP contribution in [0.1, 0.15) is 17.5 Å². The van der Waals surface area contributed by atoms with Gasteiger partial charge in [0.1, 0.15) is 5.85 Å². The fourth-order valence-electron chi connectivity index (χ4n) is 1.86. The molecule has 2 aromatic carbocycles. The first-order chi connectivity index (χ1) is 10.4. The standard InChI is InChI=1S/C17H21O3P/c18-12-11-17(19-13-15-7-3-1-4-8-15)21-20-14-16-9-5-2-6-10-16/h1-10,17-18,21H,11-14H2. The number of aliphatic hydroxyl groups is 1. The van der Waals surface area contributed by atoms with E-state index in [0.717, 1.165) is 11.1 Å². The van der Waals surface area contributed by atoms with Gasteiger partial charge in [-0.25, -0.2) is 0 Å². The van der Waals surface area contributed by atoms with Crippen molar-refractivity contribution in [2.24, 2.45) is 0 Å². The molecular formula is C17H21O3P. The van der Waals surface area contributed by atoms with Crippen LogP contribution in [0, 0.1) is 0 Å². The van der Waals surface area contributed by atoms with Crippen LogP contribution in [0.25, 0.3) is 0 Å². The molecule has 0 fully saturated rings. The fraction of sp³-hybridized carbons (Fsp3) is 0.294. The van der Waals surface area contributed by atoms with Gasteiger partial charge in [0.05, 0.1) is 13.2 Å². The lowest BCUT2D eigenvalue weighted by molar-refractivity contribution is 0.0712. The summed E-state index contributed by atoms with van der Waals surface area (Å²) in [6.45, 7) is 1.24. The second-order valence-corrected chi connectivity index (χ2v) is 5.86. The normalized spacial score (nSPS) is 12.8. The van der Waals surface area contributed by atoms with Crippen LogP contribution in [0.2, 0.25) is 0 Å². The highest BCUT2D eigenvalue weighted by molar-refractivity contribution is 7.32. The molecule has 0 aliphatic rings. The summed E-state index contributed by atoms with van der Waals surface area (Å²) in [5.41, 5.74) is 2.28. The Kier molecular flexibility index (Phi) is 7.41. The summed E-state index contributed by atoms with van der Waals surface area (Å²) in [6, 6.07) is 20.1. The molecule has 2 unspecified atom stereocenters. The molecule has 2 rings (SSSR count). The van der Waals surface area contributed by atoms with Crippen LogP contribution < -0.4 is 0 Å². The Bertz CT molecular complexity index is 490.